The molecule has 2 rings (SSSR count). The Labute approximate surface area is 132 Å². The molecule has 0 unspecified atom stereocenters. The lowest BCUT2D eigenvalue weighted by atomic mass is 10.2. The lowest BCUT2D eigenvalue weighted by Crippen LogP contribution is -1.97. The van der Waals surface area contributed by atoms with Crippen LogP contribution in [0.25, 0.3) is 0 Å². The van der Waals surface area contributed by atoms with E-state index < -0.39 is 0 Å². The van der Waals surface area contributed by atoms with E-state index in [9.17, 15) is 0 Å². The summed E-state index contributed by atoms with van der Waals surface area (Å²) in [4.78, 5) is 4.43. The van der Waals surface area contributed by atoms with Crippen molar-refractivity contribution in [3.05, 3.63) is 52.5 Å². The SMILES string of the molecule is C#CCOc1ccc(Br)cc1C=Nc1ccc(OC)cc1. The largest absolute Gasteiger partial charge is 0.497 e. The summed E-state index contributed by atoms with van der Waals surface area (Å²) >= 11 is 3.44. The minimum Gasteiger partial charge on any atom is -0.497 e. The first-order valence-electron chi connectivity index (χ1n) is 6.27. The molecule has 0 aliphatic heterocycles. The lowest BCUT2D eigenvalue weighted by molar-refractivity contribution is 0.370. The Morgan fingerprint density at radius 2 is 2.00 bits per heavy atom. The quantitative estimate of drug-likeness (QED) is 0.601. The summed E-state index contributed by atoms with van der Waals surface area (Å²) in [6.45, 7) is 0.227. The van der Waals surface area contributed by atoms with Gasteiger partial charge in [0.25, 0.3) is 0 Å². The van der Waals surface area contributed by atoms with Gasteiger partial charge >= 0.3 is 0 Å². The van der Waals surface area contributed by atoms with Gasteiger partial charge in [-0.15, -0.1) is 6.42 Å². The van der Waals surface area contributed by atoms with Crippen molar-refractivity contribution in [3.8, 4) is 23.8 Å². The third-order valence-corrected chi connectivity index (χ3v) is 3.20. The average molecular weight is 344 g/mol. The highest BCUT2D eigenvalue weighted by Crippen LogP contribution is 2.23. The molecule has 3 nitrogen and oxygen atoms in total. The number of hydrogen-bond acceptors (Lipinski definition) is 3. The molecule has 0 amide bonds. The van der Waals surface area contributed by atoms with E-state index in [1.165, 1.54) is 0 Å². The number of methoxy groups -OCH3 is 1. The van der Waals surface area contributed by atoms with Crippen LogP contribution in [0.4, 0.5) is 5.69 Å². The molecular formula is C17H14BrNO2. The summed E-state index contributed by atoms with van der Waals surface area (Å²) in [5.41, 5.74) is 1.69. The van der Waals surface area contributed by atoms with Crippen molar-refractivity contribution in [2.75, 3.05) is 13.7 Å². The van der Waals surface area contributed by atoms with E-state index in [2.05, 4.69) is 26.8 Å². The van der Waals surface area contributed by atoms with Crippen LogP contribution in [0.5, 0.6) is 11.5 Å². The van der Waals surface area contributed by atoms with Crippen molar-refractivity contribution in [2.45, 2.75) is 0 Å². The van der Waals surface area contributed by atoms with Crippen molar-refractivity contribution < 1.29 is 9.47 Å². The van der Waals surface area contributed by atoms with Crippen LogP contribution in [-0.4, -0.2) is 19.9 Å². The van der Waals surface area contributed by atoms with Gasteiger partial charge in [-0.25, -0.2) is 0 Å². The number of rotatable bonds is 5. The molecule has 0 atom stereocenters. The second-order valence-corrected chi connectivity index (χ2v) is 5.05. The summed E-state index contributed by atoms with van der Waals surface area (Å²) in [5.74, 6) is 3.95. The molecular weight excluding hydrogens is 330 g/mol. The minimum atomic E-state index is 0.227. The first-order chi connectivity index (χ1) is 10.2. The second kappa shape index (κ2) is 7.51. The van der Waals surface area contributed by atoms with Gasteiger partial charge in [0.1, 0.15) is 18.1 Å². The van der Waals surface area contributed by atoms with Crippen LogP contribution in [0.3, 0.4) is 0 Å². The Balaban J connectivity index is 2.22. The summed E-state index contributed by atoms with van der Waals surface area (Å²) in [7, 11) is 1.63. The molecule has 2 aromatic rings. The molecule has 21 heavy (non-hydrogen) atoms. The third-order valence-electron chi connectivity index (χ3n) is 2.71. The zero-order valence-corrected chi connectivity index (χ0v) is 13.1. The van der Waals surface area contributed by atoms with Crippen molar-refractivity contribution in [3.63, 3.8) is 0 Å². The van der Waals surface area contributed by atoms with Crippen LogP contribution in [0.2, 0.25) is 0 Å². The van der Waals surface area contributed by atoms with Gasteiger partial charge in [0, 0.05) is 16.3 Å². The van der Waals surface area contributed by atoms with Crippen LogP contribution in [0, 0.1) is 12.3 Å². The van der Waals surface area contributed by atoms with Crippen LogP contribution < -0.4 is 9.47 Å². The Hall–Kier alpha value is -2.25. The van der Waals surface area contributed by atoms with Gasteiger partial charge in [-0.3, -0.25) is 4.99 Å². The van der Waals surface area contributed by atoms with E-state index >= 15 is 0 Å². The number of halogens is 1. The maximum Gasteiger partial charge on any atom is 0.148 e. The topological polar surface area (TPSA) is 30.8 Å². The number of benzene rings is 2. The highest BCUT2D eigenvalue weighted by Gasteiger charge is 2.02. The fourth-order valence-electron chi connectivity index (χ4n) is 1.68. The molecule has 0 fully saturated rings. The number of aliphatic imine (C=N–C) groups is 1. The lowest BCUT2D eigenvalue weighted by Gasteiger charge is -2.06. The van der Waals surface area contributed by atoms with E-state index in [0.29, 0.717) is 5.75 Å². The predicted octanol–water partition coefficient (Wildman–Crippen LogP) is 4.22. The first-order valence-corrected chi connectivity index (χ1v) is 7.06. The standard InChI is InChI=1S/C17H14BrNO2/c1-3-10-21-17-9-4-14(18)11-13(17)12-19-15-5-7-16(20-2)8-6-15/h1,4-9,11-12H,10H2,2H3. The molecule has 0 aromatic heterocycles. The summed E-state index contributed by atoms with van der Waals surface area (Å²) in [6, 6.07) is 13.2. The van der Waals surface area contributed by atoms with Gasteiger partial charge in [-0.05, 0) is 42.5 Å². The fourth-order valence-corrected chi connectivity index (χ4v) is 2.06. The zero-order chi connectivity index (χ0) is 15.1. The van der Waals surface area contributed by atoms with Crippen molar-refractivity contribution in [2.24, 2.45) is 4.99 Å². The normalized spacial score (nSPS) is 10.3. The second-order valence-electron chi connectivity index (χ2n) is 4.13. The summed E-state index contributed by atoms with van der Waals surface area (Å²) < 4.78 is 11.6. The molecule has 0 radical (unpaired) electrons. The third kappa shape index (κ3) is 4.37. The van der Waals surface area contributed by atoms with Crippen LogP contribution in [-0.2, 0) is 0 Å². The number of terminal acetylenes is 1. The maximum atomic E-state index is 5.50. The fraction of sp³-hybridized carbons (Fsp3) is 0.118. The molecule has 0 N–H and O–H groups in total. The predicted molar refractivity (Wildman–Crippen MR) is 88.7 cm³/mol. The Bertz CT molecular complexity index is 672. The van der Waals surface area contributed by atoms with E-state index in [1.807, 2.05) is 42.5 Å². The van der Waals surface area contributed by atoms with Gasteiger partial charge in [-0.1, -0.05) is 21.9 Å². The molecule has 2 aromatic carbocycles. The Morgan fingerprint density at radius 3 is 2.67 bits per heavy atom. The Morgan fingerprint density at radius 1 is 1.24 bits per heavy atom. The molecule has 0 aliphatic rings. The molecule has 0 bridgehead atoms. The number of hydrogen-bond donors (Lipinski definition) is 0. The summed E-state index contributed by atoms with van der Waals surface area (Å²) in [5, 5.41) is 0. The molecule has 0 heterocycles. The molecule has 4 heteroatoms. The molecule has 0 spiro atoms. The van der Waals surface area contributed by atoms with Gasteiger partial charge in [0.15, 0.2) is 0 Å². The molecule has 0 aliphatic carbocycles. The Kier molecular flexibility index (Phi) is 5.42. The highest BCUT2D eigenvalue weighted by molar-refractivity contribution is 9.10. The molecule has 106 valence electrons. The first kappa shape index (κ1) is 15.1. The van der Waals surface area contributed by atoms with Gasteiger partial charge in [0.05, 0.1) is 12.8 Å². The van der Waals surface area contributed by atoms with Crippen molar-refractivity contribution in [1.82, 2.24) is 0 Å². The maximum absolute atomic E-state index is 5.50. The molecule has 0 saturated heterocycles. The summed E-state index contributed by atoms with van der Waals surface area (Å²) in [6.07, 6.45) is 6.97. The van der Waals surface area contributed by atoms with E-state index in [1.54, 1.807) is 13.3 Å². The molecule has 0 saturated carbocycles. The van der Waals surface area contributed by atoms with E-state index in [0.717, 1.165) is 21.5 Å². The van der Waals surface area contributed by atoms with Crippen LogP contribution in [0.15, 0.2) is 51.9 Å². The highest BCUT2D eigenvalue weighted by atomic mass is 79.9. The minimum absolute atomic E-state index is 0.227. The van der Waals surface area contributed by atoms with Gasteiger partial charge in [-0.2, -0.15) is 0 Å². The van der Waals surface area contributed by atoms with Gasteiger partial charge < -0.3 is 9.47 Å². The van der Waals surface area contributed by atoms with Gasteiger partial charge in [0.2, 0.25) is 0 Å². The van der Waals surface area contributed by atoms with Crippen LogP contribution >= 0.6 is 15.9 Å². The van der Waals surface area contributed by atoms with Crippen molar-refractivity contribution in [1.29, 1.82) is 0 Å². The zero-order valence-electron chi connectivity index (χ0n) is 11.5. The van der Waals surface area contributed by atoms with E-state index in [-0.39, 0.29) is 6.61 Å². The monoisotopic (exact) mass is 343 g/mol. The number of nitrogens with zero attached hydrogens (tertiary/aromatic N) is 1. The number of ether oxygens (including phenoxy) is 2. The van der Waals surface area contributed by atoms with E-state index in [4.69, 9.17) is 15.9 Å². The average Bonchev–Trinajstić information content (AvgIpc) is 2.52. The van der Waals surface area contributed by atoms with Crippen molar-refractivity contribution >= 4 is 27.8 Å². The smallest absolute Gasteiger partial charge is 0.148 e. The van der Waals surface area contributed by atoms with Crippen LogP contribution in [0.1, 0.15) is 5.56 Å².